The van der Waals surface area contributed by atoms with Crippen molar-refractivity contribution in [1.82, 2.24) is 14.0 Å². The van der Waals surface area contributed by atoms with Crippen LogP contribution >= 0.6 is 0 Å². The first-order valence-electron chi connectivity index (χ1n) is 13.6. The highest BCUT2D eigenvalue weighted by atomic mass is 19.1. The van der Waals surface area contributed by atoms with Gasteiger partial charge in [0.1, 0.15) is 23.1 Å². The number of piperazine rings is 1. The van der Waals surface area contributed by atoms with Crippen LogP contribution in [0.5, 0.6) is 5.75 Å². The van der Waals surface area contributed by atoms with Crippen LogP contribution < -0.4 is 21.9 Å². The Bertz CT molecular complexity index is 1630. The van der Waals surface area contributed by atoms with Crippen molar-refractivity contribution in [3.63, 3.8) is 0 Å². The fraction of sp³-hybridized carbons (Fsp3) is 0.290. The third-order valence-corrected chi connectivity index (χ3v) is 7.65. The molecule has 0 aliphatic carbocycles. The van der Waals surface area contributed by atoms with Crippen LogP contribution in [0.2, 0.25) is 0 Å². The Kier molecular flexibility index (Phi) is 8.32. The lowest BCUT2D eigenvalue weighted by Gasteiger charge is -2.37. The highest BCUT2D eigenvalue weighted by Gasteiger charge is 2.26. The molecule has 10 heteroatoms. The molecule has 3 aromatic carbocycles. The van der Waals surface area contributed by atoms with Gasteiger partial charge >= 0.3 is 5.69 Å². The maximum absolute atomic E-state index is 14.6. The number of hydrogen-bond donors (Lipinski definition) is 2. The Morgan fingerprint density at radius 1 is 0.854 bits per heavy atom. The lowest BCUT2D eigenvalue weighted by molar-refractivity contribution is 0.249. The quantitative estimate of drug-likeness (QED) is 0.343. The number of phenols is 1. The lowest BCUT2D eigenvalue weighted by atomic mass is 10.1. The molecule has 0 bridgehead atoms. The molecule has 0 amide bonds. The molecule has 1 aromatic heterocycles. The minimum Gasteiger partial charge on any atom is -0.508 e. The van der Waals surface area contributed by atoms with Gasteiger partial charge in [-0.2, -0.15) is 0 Å². The molecular formula is C31H33F2N5O3. The SMILES string of the molecule is Cc1c(N2CCN(Cc3cccc(O)c3)CC2)c(=O)n(C[C@@H](N)c2ccccc2)c(=O)n1Cc1c(F)cccc1F. The Hall–Kier alpha value is -4.28. The van der Waals surface area contributed by atoms with E-state index in [0.29, 0.717) is 44.1 Å². The molecule has 0 radical (unpaired) electrons. The third-order valence-electron chi connectivity index (χ3n) is 7.65. The topological polar surface area (TPSA) is 96.7 Å². The monoisotopic (exact) mass is 561 g/mol. The number of aromatic nitrogens is 2. The maximum Gasteiger partial charge on any atom is 0.331 e. The summed E-state index contributed by atoms with van der Waals surface area (Å²) in [6.07, 6.45) is 0. The van der Waals surface area contributed by atoms with E-state index in [9.17, 15) is 23.5 Å². The summed E-state index contributed by atoms with van der Waals surface area (Å²) < 4.78 is 31.6. The smallest absolute Gasteiger partial charge is 0.331 e. The molecule has 214 valence electrons. The molecule has 1 aliphatic heterocycles. The number of anilines is 1. The number of benzene rings is 3. The standard InChI is InChI=1S/C31H33F2N5O3/c1-21-29(36-15-13-35(14-16-36)18-22-7-5-10-24(39)17-22)30(40)38(20-28(34)23-8-3-2-4-9-23)31(41)37(21)19-25-26(32)11-6-12-27(25)33/h2-12,17,28,39H,13-16,18-20,34H2,1H3/t28-/m1/s1. The van der Waals surface area contributed by atoms with Crippen LogP contribution in [-0.4, -0.2) is 45.3 Å². The largest absolute Gasteiger partial charge is 0.508 e. The number of nitrogens with two attached hydrogens (primary N) is 1. The summed E-state index contributed by atoms with van der Waals surface area (Å²) in [5.41, 5.74) is 7.41. The van der Waals surface area contributed by atoms with Gasteiger partial charge in [-0.1, -0.05) is 48.5 Å². The van der Waals surface area contributed by atoms with E-state index in [2.05, 4.69) is 4.90 Å². The van der Waals surface area contributed by atoms with Gasteiger partial charge in [-0.3, -0.25) is 18.8 Å². The van der Waals surface area contributed by atoms with E-state index in [-0.39, 0.29) is 24.4 Å². The summed E-state index contributed by atoms with van der Waals surface area (Å²) >= 11 is 0. The normalized spacial score (nSPS) is 14.8. The zero-order valence-corrected chi connectivity index (χ0v) is 22.8. The Labute approximate surface area is 236 Å². The first-order valence-corrected chi connectivity index (χ1v) is 13.6. The van der Waals surface area contributed by atoms with Gasteiger partial charge in [0.05, 0.1) is 13.1 Å². The molecule has 1 aliphatic rings. The second-order valence-electron chi connectivity index (χ2n) is 10.4. The van der Waals surface area contributed by atoms with Crippen molar-refractivity contribution >= 4 is 5.69 Å². The predicted octanol–water partition coefficient (Wildman–Crippen LogP) is 3.37. The summed E-state index contributed by atoms with van der Waals surface area (Å²) in [6.45, 7) is 4.11. The number of hydrogen-bond acceptors (Lipinski definition) is 6. The fourth-order valence-corrected chi connectivity index (χ4v) is 5.38. The van der Waals surface area contributed by atoms with Crippen LogP contribution in [0, 0.1) is 18.6 Å². The molecule has 1 atom stereocenters. The molecule has 4 aromatic rings. The minimum absolute atomic E-state index is 0.0911. The van der Waals surface area contributed by atoms with Crippen LogP contribution in [0.4, 0.5) is 14.5 Å². The molecule has 3 N–H and O–H groups in total. The van der Waals surface area contributed by atoms with Gasteiger partial charge < -0.3 is 15.7 Å². The van der Waals surface area contributed by atoms with E-state index in [4.69, 9.17) is 5.73 Å². The number of nitrogens with zero attached hydrogens (tertiary/aromatic N) is 4. The second kappa shape index (κ2) is 12.1. The van der Waals surface area contributed by atoms with Crippen LogP contribution in [0.3, 0.4) is 0 Å². The van der Waals surface area contributed by atoms with Gasteiger partial charge in [0, 0.05) is 50.0 Å². The number of rotatable bonds is 8. The Morgan fingerprint density at radius 3 is 2.17 bits per heavy atom. The summed E-state index contributed by atoms with van der Waals surface area (Å²) in [6, 6.07) is 19.2. The third kappa shape index (κ3) is 6.08. The fourth-order valence-electron chi connectivity index (χ4n) is 5.38. The summed E-state index contributed by atoms with van der Waals surface area (Å²) in [5, 5.41) is 9.80. The number of aromatic hydroxyl groups is 1. The molecule has 8 nitrogen and oxygen atoms in total. The number of phenolic OH excluding ortho intramolecular Hbond substituents is 1. The molecule has 5 rings (SSSR count). The van der Waals surface area contributed by atoms with Crippen molar-refractivity contribution in [1.29, 1.82) is 0 Å². The molecule has 1 saturated heterocycles. The Morgan fingerprint density at radius 2 is 1.51 bits per heavy atom. The molecule has 2 heterocycles. The molecule has 0 unspecified atom stereocenters. The van der Waals surface area contributed by atoms with Gasteiger partial charge in [-0.15, -0.1) is 0 Å². The highest BCUT2D eigenvalue weighted by Crippen LogP contribution is 2.21. The van der Waals surface area contributed by atoms with Gasteiger partial charge in [-0.25, -0.2) is 13.6 Å². The van der Waals surface area contributed by atoms with Crippen molar-refractivity contribution < 1.29 is 13.9 Å². The zero-order valence-electron chi connectivity index (χ0n) is 22.8. The number of halogens is 2. The van der Waals surface area contributed by atoms with E-state index >= 15 is 0 Å². The molecular weight excluding hydrogens is 528 g/mol. The van der Waals surface area contributed by atoms with E-state index in [1.165, 1.54) is 10.6 Å². The van der Waals surface area contributed by atoms with Crippen molar-refractivity contribution in [3.05, 3.63) is 128 Å². The van der Waals surface area contributed by atoms with Gasteiger partial charge in [0.2, 0.25) is 0 Å². The zero-order chi connectivity index (χ0) is 29.1. The van der Waals surface area contributed by atoms with Gasteiger partial charge in [-0.05, 0) is 42.3 Å². The Balaban J connectivity index is 1.50. The van der Waals surface area contributed by atoms with E-state index in [1.54, 1.807) is 25.1 Å². The van der Waals surface area contributed by atoms with E-state index in [0.717, 1.165) is 27.8 Å². The van der Waals surface area contributed by atoms with Crippen molar-refractivity contribution in [2.24, 2.45) is 5.73 Å². The first-order chi connectivity index (χ1) is 19.7. The van der Waals surface area contributed by atoms with Gasteiger partial charge in [0.25, 0.3) is 5.56 Å². The summed E-state index contributed by atoms with van der Waals surface area (Å²) in [4.78, 5) is 31.7. The first kappa shape index (κ1) is 28.3. The highest BCUT2D eigenvalue weighted by molar-refractivity contribution is 5.50. The molecule has 41 heavy (non-hydrogen) atoms. The van der Waals surface area contributed by atoms with E-state index in [1.807, 2.05) is 41.3 Å². The molecule has 0 spiro atoms. The minimum atomic E-state index is -0.767. The van der Waals surface area contributed by atoms with Gasteiger partial charge in [0.15, 0.2) is 0 Å². The average molecular weight is 562 g/mol. The summed E-state index contributed by atoms with van der Waals surface area (Å²) in [7, 11) is 0. The van der Waals surface area contributed by atoms with Crippen LogP contribution in [-0.2, 0) is 19.6 Å². The van der Waals surface area contributed by atoms with Crippen LogP contribution in [0.15, 0.2) is 82.4 Å². The second-order valence-corrected chi connectivity index (χ2v) is 10.4. The van der Waals surface area contributed by atoms with Crippen molar-refractivity contribution in [2.75, 3.05) is 31.1 Å². The van der Waals surface area contributed by atoms with Crippen molar-refractivity contribution in [3.8, 4) is 5.75 Å². The van der Waals surface area contributed by atoms with E-state index < -0.39 is 28.9 Å². The molecule has 0 saturated carbocycles. The predicted molar refractivity (Wildman–Crippen MR) is 154 cm³/mol. The lowest BCUT2D eigenvalue weighted by Crippen LogP contribution is -2.51. The molecule has 1 fully saturated rings. The maximum atomic E-state index is 14.6. The van der Waals surface area contributed by atoms with Crippen LogP contribution in [0.25, 0.3) is 0 Å². The summed E-state index contributed by atoms with van der Waals surface area (Å²) in [5.74, 6) is -1.33. The van der Waals surface area contributed by atoms with Crippen LogP contribution in [0.1, 0.15) is 28.4 Å². The average Bonchev–Trinajstić information content (AvgIpc) is 2.96. The van der Waals surface area contributed by atoms with Crippen molar-refractivity contribution in [2.45, 2.75) is 32.6 Å².